The number of fused-ring (bicyclic) bond motifs is 3. The van der Waals surface area contributed by atoms with Gasteiger partial charge in [-0.05, 0) is 19.1 Å². The third-order valence-electron chi connectivity index (χ3n) is 5.25. The molecule has 0 saturated carbocycles. The lowest BCUT2D eigenvalue weighted by Crippen LogP contribution is -2.38. The summed E-state index contributed by atoms with van der Waals surface area (Å²) in [7, 11) is 0. The molecule has 1 aromatic carbocycles. The minimum absolute atomic E-state index is 0.236. The van der Waals surface area contributed by atoms with Crippen LogP contribution in [0.1, 0.15) is 22.7 Å². The molecular formula is C20H18N6O4. The number of imidazole rings is 1. The number of aromatic nitrogens is 4. The number of para-hydroxylation sites is 1. The predicted molar refractivity (Wildman–Crippen MR) is 107 cm³/mol. The summed E-state index contributed by atoms with van der Waals surface area (Å²) in [5, 5.41) is 13.5. The van der Waals surface area contributed by atoms with E-state index in [-0.39, 0.29) is 24.9 Å². The van der Waals surface area contributed by atoms with Gasteiger partial charge in [-0.1, -0.05) is 12.1 Å². The first-order valence-corrected chi connectivity index (χ1v) is 9.46. The molecule has 1 aliphatic heterocycles. The number of hydrogen-bond donors (Lipinski definition) is 3. The van der Waals surface area contributed by atoms with Crippen molar-refractivity contribution in [1.29, 1.82) is 0 Å². The number of carboxylic acids is 1. The molecule has 1 aliphatic rings. The molecule has 4 heterocycles. The van der Waals surface area contributed by atoms with Crippen LogP contribution in [0, 0.1) is 6.92 Å². The maximum Gasteiger partial charge on any atom is 0.326 e. The van der Waals surface area contributed by atoms with Crippen molar-refractivity contribution in [2.45, 2.75) is 25.4 Å². The molecular weight excluding hydrogens is 388 g/mol. The Morgan fingerprint density at radius 2 is 2.13 bits per heavy atom. The molecule has 1 amide bonds. The summed E-state index contributed by atoms with van der Waals surface area (Å²) in [4.78, 5) is 41.6. The largest absolute Gasteiger partial charge is 0.480 e. The van der Waals surface area contributed by atoms with Crippen molar-refractivity contribution in [3.05, 3.63) is 48.3 Å². The van der Waals surface area contributed by atoms with Crippen LogP contribution in [-0.4, -0.2) is 55.5 Å². The number of hydrogen-bond acceptors (Lipinski definition) is 7. The normalized spacial score (nSPS) is 18.9. The maximum atomic E-state index is 12.4. The highest BCUT2D eigenvalue weighted by Gasteiger charge is 2.40. The third kappa shape index (κ3) is 2.93. The van der Waals surface area contributed by atoms with E-state index in [1.807, 2.05) is 24.3 Å². The van der Waals surface area contributed by atoms with Gasteiger partial charge in [-0.3, -0.25) is 4.79 Å². The Morgan fingerprint density at radius 1 is 1.30 bits per heavy atom. The van der Waals surface area contributed by atoms with Gasteiger partial charge in [0.15, 0.2) is 11.4 Å². The van der Waals surface area contributed by atoms with Crippen molar-refractivity contribution in [3.63, 3.8) is 0 Å². The number of aryl methyl sites for hydroxylation is 1. The maximum absolute atomic E-state index is 12.4. The van der Waals surface area contributed by atoms with E-state index < -0.39 is 12.0 Å². The zero-order valence-electron chi connectivity index (χ0n) is 16.0. The third-order valence-corrected chi connectivity index (χ3v) is 5.25. The molecule has 0 aliphatic carbocycles. The molecule has 5 rings (SSSR count). The van der Waals surface area contributed by atoms with Crippen LogP contribution in [-0.2, 0) is 4.79 Å². The van der Waals surface area contributed by atoms with Crippen LogP contribution in [0.25, 0.3) is 22.1 Å². The van der Waals surface area contributed by atoms with Crippen LogP contribution in [0.15, 0.2) is 41.2 Å². The summed E-state index contributed by atoms with van der Waals surface area (Å²) in [6, 6.07) is 6.26. The highest BCUT2D eigenvalue weighted by Crippen LogP contribution is 2.35. The van der Waals surface area contributed by atoms with Gasteiger partial charge in [0.2, 0.25) is 0 Å². The van der Waals surface area contributed by atoms with E-state index in [2.05, 4.69) is 25.3 Å². The van der Waals surface area contributed by atoms with Crippen molar-refractivity contribution < 1.29 is 19.1 Å². The van der Waals surface area contributed by atoms with Crippen molar-refractivity contribution in [1.82, 2.24) is 25.3 Å². The van der Waals surface area contributed by atoms with E-state index in [9.17, 15) is 14.7 Å². The standard InChI is InChI=1S/C20H18N6O4/c1-10-23-16-12-4-2-3-5-15(12)30-17(16)18(24-10)26-8-11(6-14(26)20(28)29)25-19(27)13-7-21-9-22-13/h2-5,7,9,11,14H,6,8H2,1H3,(H,21,22)(H,25,27)(H,28,29). The van der Waals surface area contributed by atoms with E-state index in [0.717, 1.165) is 5.39 Å². The summed E-state index contributed by atoms with van der Waals surface area (Å²) >= 11 is 0. The smallest absolute Gasteiger partial charge is 0.326 e. The van der Waals surface area contributed by atoms with Crippen molar-refractivity contribution in [3.8, 4) is 0 Å². The van der Waals surface area contributed by atoms with Gasteiger partial charge in [-0.25, -0.2) is 19.7 Å². The van der Waals surface area contributed by atoms with Gasteiger partial charge in [0, 0.05) is 24.4 Å². The Labute approximate surface area is 169 Å². The molecule has 4 aromatic rings. The molecule has 0 spiro atoms. The number of furan rings is 1. The Bertz CT molecular complexity index is 1270. The Kier molecular flexibility index (Phi) is 4.12. The molecule has 2 unspecified atom stereocenters. The zero-order chi connectivity index (χ0) is 20.8. The van der Waals surface area contributed by atoms with Crippen molar-refractivity contribution in [2.75, 3.05) is 11.4 Å². The molecule has 152 valence electrons. The van der Waals surface area contributed by atoms with Crippen LogP contribution in [0.5, 0.6) is 0 Å². The predicted octanol–water partition coefficient (Wildman–Crippen LogP) is 1.87. The fourth-order valence-electron chi connectivity index (χ4n) is 3.93. The van der Waals surface area contributed by atoms with E-state index in [1.165, 1.54) is 12.5 Å². The average molecular weight is 406 g/mol. The minimum Gasteiger partial charge on any atom is -0.480 e. The number of rotatable bonds is 4. The lowest BCUT2D eigenvalue weighted by molar-refractivity contribution is -0.138. The monoisotopic (exact) mass is 406 g/mol. The summed E-state index contributed by atoms with van der Waals surface area (Å²) in [6.45, 7) is 2.04. The summed E-state index contributed by atoms with van der Waals surface area (Å²) in [6.07, 6.45) is 3.07. The second-order valence-electron chi connectivity index (χ2n) is 7.25. The number of carbonyl (C=O) groups is 2. The van der Waals surface area contributed by atoms with Crippen LogP contribution >= 0.6 is 0 Å². The average Bonchev–Trinajstić information content (AvgIpc) is 3.46. The van der Waals surface area contributed by atoms with Gasteiger partial charge in [0.05, 0.1) is 12.5 Å². The van der Waals surface area contributed by atoms with Crippen molar-refractivity contribution in [2.24, 2.45) is 0 Å². The molecule has 1 fully saturated rings. The number of carboxylic acid groups (broad SMARTS) is 1. The first-order chi connectivity index (χ1) is 14.5. The molecule has 1 saturated heterocycles. The second kappa shape index (κ2) is 6.83. The summed E-state index contributed by atoms with van der Waals surface area (Å²) in [5.74, 6) is -0.400. The molecule has 3 N–H and O–H groups in total. The number of nitrogens with zero attached hydrogens (tertiary/aromatic N) is 4. The molecule has 3 aromatic heterocycles. The zero-order valence-corrected chi connectivity index (χ0v) is 16.0. The molecule has 2 atom stereocenters. The van der Waals surface area contributed by atoms with Crippen molar-refractivity contribution >= 4 is 39.8 Å². The van der Waals surface area contributed by atoms with Gasteiger partial charge < -0.3 is 24.7 Å². The molecule has 10 heteroatoms. The Morgan fingerprint density at radius 3 is 2.90 bits per heavy atom. The van der Waals surface area contributed by atoms with Crippen LogP contribution in [0.3, 0.4) is 0 Å². The second-order valence-corrected chi connectivity index (χ2v) is 7.25. The van der Waals surface area contributed by atoms with E-state index in [0.29, 0.717) is 34.0 Å². The minimum atomic E-state index is -0.992. The van der Waals surface area contributed by atoms with Gasteiger partial charge in [0.1, 0.15) is 28.7 Å². The highest BCUT2D eigenvalue weighted by molar-refractivity contribution is 6.06. The fourth-order valence-corrected chi connectivity index (χ4v) is 3.93. The number of amides is 1. The van der Waals surface area contributed by atoms with Crippen LogP contribution in [0.2, 0.25) is 0 Å². The summed E-state index contributed by atoms with van der Waals surface area (Å²) < 4.78 is 5.99. The molecule has 0 bridgehead atoms. The lowest BCUT2D eigenvalue weighted by atomic mass is 10.1. The van der Waals surface area contributed by atoms with Gasteiger partial charge >= 0.3 is 5.97 Å². The van der Waals surface area contributed by atoms with E-state index in [1.54, 1.807) is 11.8 Å². The quantitative estimate of drug-likeness (QED) is 0.467. The number of H-pyrrole nitrogens is 1. The number of anilines is 1. The number of aliphatic carboxylic acids is 1. The van der Waals surface area contributed by atoms with Crippen LogP contribution in [0.4, 0.5) is 5.82 Å². The van der Waals surface area contributed by atoms with Gasteiger partial charge in [0.25, 0.3) is 5.91 Å². The highest BCUT2D eigenvalue weighted by atomic mass is 16.4. The number of carbonyl (C=O) groups excluding carboxylic acids is 1. The first kappa shape index (κ1) is 18.1. The molecule has 0 radical (unpaired) electrons. The Hall–Kier alpha value is -3.95. The topological polar surface area (TPSA) is 137 Å². The number of aromatic amines is 1. The SMILES string of the molecule is Cc1nc(N2CC(NC(=O)c3cnc[nH]3)CC2C(=O)O)c2oc3ccccc3c2n1. The Balaban J connectivity index is 1.54. The summed E-state index contributed by atoms with van der Waals surface area (Å²) in [5.41, 5.74) is 2.05. The molecule has 10 nitrogen and oxygen atoms in total. The van der Waals surface area contributed by atoms with Gasteiger partial charge in [-0.2, -0.15) is 0 Å². The number of nitrogens with one attached hydrogen (secondary N) is 2. The van der Waals surface area contributed by atoms with Crippen LogP contribution < -0.4 is 10.2 Å². The van der Waals surface area contributed by atoms with Gasteiger partial charge in [-0.15, -0.1) is 0 Å². The number of benzene rings is 1. The van der Waals surface area contributed by atoms with E-state index in [4.69, 9.17) is 4.42 Å². The molecule has 30 heavy (non-hydrogen) atoms. The van der Waals surface area contributed by atoms with E-state index >= 15 is 0 Å². The lowest BCUT2D eigenvalue weighted by Gasteiger charge is -2.22. The first-order valence-electron chi connectivity index (χ1n) is 9.46. The fraction of sp³-hybridized carbons (Fsp3) is 0.250.